The van der Waals surface area contributed by atoms with Crippen molar-refractivity contribution in [3.63, 3.8) is 0 Å². The van der Waals surface area contributed by atoms with Gasteiger partial charge in [-0.25, -0.2) is 0 Å². The normalized spacial score (nSPS) is 28.4. The first-order valence-electron chi connectivity index (χ1n) is 6.58. The van der Waals surface area contributed by atoms with E-state index in [0.29, 0.717) is 4.75 Å². The van der Waals surface area contributed by atoms with Crippen LogP contribution in [0.2, 0.25) is 0 Å². The van der Waals surface area contributed by atoms with E-state index in [0.717, 1.165) is 12.0 Å². The Bertz CT molecular complexity index is 199. The number of hydrogen-bond donors (Lipinski definition) is 1. The third-order valence-electron chi connectivity index (χ3n) is 4.38. The van der Waals surface area contributed by atoms with E-state index in [4.69, 9.17) is 5.73 Å². The molecule has 0 atom stereocenters. The van der Waals surface area contributed by atoms with Crippen LogP contribution < -0.4 is 5.73 Å². The van der Waals surface area contributed by atoms with Crippen molar-refractivity contribution in [3.05, 3.63) is 0 Å². The average molecular weight is 227 g/mol. The molecule has 2 aliphatic carbocycles. The third-order valence-corrected chi connectivity index (χ3v) is 5.74. The van der Waals surface area contributed by atoms with Gasteiger partial charge in [-0.2, -0.15) is 11.8 Å². The summed E-state index contributed by atoms with van der Waals surface area (Å²) < 4.78 is 0.471. The minimum absolute atomic E-state index is 0.471. The molecular weight excluding hydrogens is 202 g/mol. The molecule has 0 aliphatic heterocycles. The summed E-state index contributed by atoms with van der Waals surface area (Å²) in [5, 5.41) is 0. The molecule has 0 aromatic rings. The van der Waals surface area contributed by atoms with Crippen molar-refractivity contribution in [3.8, 4) is 0 Å². The van der Waals surface area contributed by atoms with Crippen LogP contribution >= 0.6 is 11.8 Å². The lowest BCUT2D eigenvalue weighted by molar-refractivity contribution is 0.0660. The number of nitrogens with two attached hydrogens (primary N) is 1. The number of thioether (sulfide) groups is 1. The quantitative estimate of drug-likeness (QED) is 0.797. The van der Waals surface area contributed by atoms with E-state index in [-0.39, 0.29) is 0 Å². The second-order valence-electron chi connectivity index (χ2n) is 5.59. The molecular formula is C13H25NS. The number of rotatable bonds is 3. The molecule has 1 spiro atoms. The van der Waals surface area contributed by atoms with Gasteiger partial charge in [0.25, 0.3) is 0 Å². The van der Waals surface area contributed by atoms with Gasteiger partial charge in [0.05, 0.1) is 0 Å². The summed E-state index contributed by atoms with van der Waals surface area (Å²) >= 11 is 2.11. The maximum atomic E-state index is 5.96. The van der Waals surface area contributed by atoms with E-state index < -0.39 is 0 Å². The van der Waals surface area contributed by atoms with Crippen molar-refractivity contribution in [1.82, 2.24) is 0 Å². The summed E-state index contributed by atoms with van der Waals surface area (Å²) in [5.41, 5.74) is 6.68. The van der Waals surface area contributed by atoms with E-state index in [1.165, 1.54) is 57.1 Å². The Labute approximate surface area is 98.6 Å². The zero-order chi connectivity index (χ0) is 10.8. The summed E-state index contributed by atoms with van der Waals surface area (Å²) in [6.45, 7) is 3.16. The van der Waals surface area contributed by atoms with Crippen LogP contribution in [0, 0.1) is 5.41 Å². The lowest BCUT2D eigenvalue weighted by Gasteiger charge is -2.56. The molecule has 2 fully saturated rings. The van der Waals surface area contributed by atoms with Crippen LogP contribution in [0.4, 0.5) is 0 Å². The van der Waals surface area contributed by atoms with Crippen LogP contribution in [0.5, 0.6) is 0 Å². The molecule has 2 heteroatoms. The summed E-state index contributed by atoms with van der Waals surface area (Å²) in [6, 6.07) is 0. The highest BCUT2D eigenvalue weighted by Gasteiger charge is 2.52. The molecule has 0 radical (unpaired) electrons. The Morgan fingerprint density at radius 3 is 2.13 bits per heavy atom. The molecule has 1 nitrogen and oxygen atoms in total. The Balaban J connectivity index is 1.92. The summed E-state index contributed by atoms with van der Waals surface area (Å²) in [5.74, 6) is 1.23. The van der Waals surface area contributed by atoms with E-state index in [2.05, 4.69) is 18.7 Å². The highest BCUT2D eigenvalue weighted by molar-refractivity contribution is 8.00. The highest BCUT2D eigenvalue weighted by Crippen LogP contribution is 2.60. The van der Waals surface area contributed by atoms with Gasteiger partial charge in [-0.05, 0) is 36.9 Å². The lowest BCUT2D eigenvalue weighted by Crippen LogP contribution is -2.53. The molecule has 2 aliphatic rings. The topological polar surface area (TPSA) is 26.0 Å². The van der Waals surface area contributed by atoms with Crippen molar-refractivity contribution in [1.29, 1.82) is 0 Å². The molecule has 0 bridgehead atoms. The van der Waals surface area contributed by atoms with Crippen molar-refractivity contribution in [2.24, 2.45) is 11.1 Å². The fourth-order valence-electron chi connectivity index (χ4n) is 3.76. The fourth-order valence-corrected chi connectivity index (χ4v) is 5.31. The number of hydrogen-bond acceptors (Lipinski definition) is 2. The molecule has 88 valence electrons. The minimum Gasteiger partial charge on any atom is -0.329 e. The Morgan fingerprint density at radius 1 is 1.07 bits per heavy atom. The van der Waals surface area contributed by atoms with Crippen LogP contribution in [0.15, 0.2) is 0 Å². The zero-order valence-electron chi connectivity index (χ0n) is 10.1. The van der Waals surface area contributed by atoms with Crippen LogP contribution in [0.1, 0.15) is 58.3 Å². The SMILES string of the molecule is CCSC1(CN)CC2(CCCCCC2)C1. The molecule has 0 unspecified atom stereocenters. The van der Waals surface area contributed by atoms with E-state index >= 15 is 0 Å². The van der Waals surface area contributed by atoms with Crippen molar-refractivity contribution < 1.29 is 0 Å². The van der Waals surface area contributed by atoms with Gasteiger partial charge < -0.3 is 5.73 Å². The van der Waals surface area contributed by atoms with Crippen LogP contribution in [0.25, 0.3) is 0 Å². The van der Waals surface area contributed by atoms with Gasteiger partial charge in [-0.3, -0.25) is 0 Å². The van der Waals surface area contributed by atoms with Gasteiger partial charge in [0.15, 0.2) is 0 Å². The van der Waals surface area contributed by atoms with Gasteiger partial charge in [-0.1, -0.05) is 32.6 Å². The maximum Gasteiger partial charge on any atom is 0.0292 e. The van der Waals surface area contributed by atoms with Crippen LogP contribution in [-0.2, 0) is 0 Å². The Morgan fingerprint density at radius 2 is 1.67 bits per heavy atom. The highest BCUT2D eigenvalue weighted by atomic mass is 32.2. The summed E-state index contributed by atoms with van der Waals surface area (Å²) in [7, 11) is 0. The van der Waals surface area contributed by atoms with Crippen LogP contribution in [0.3, 0.4) is 0 Å². The van der Waals surface area contributed by atoms with Crippen LogP contribution in [-0.4, -0.2) is 17.0 Å². The standard InChI is InChI=1S/C13H25NS/c1-2-15-13(11-14)9-12(10-13)7-5-3-4-6-8-12/h2-11,14H2,1H3. The van der Waals surface area contributed by atoms with Crippen molar-refractivity contribution in [2.45, 2.75) is 63.0 Å². The molecule has 2 rings (SSSR count). The van der Waals surface area contributed by atoms with E-state index in [9.17, 15) is 0 Å². The molecule has 0 saturated heterocycles. The minimum atomic E-state index is 0.471. The first kappa shape index (κ1) is 11.8. The smallest absolute Gasteiger partial charge is 0.0292 e. The van der Waals surface area contributed by atoms with Gasteiger partial charge in [0.1, 0.15) is 0 Å². The predicted molar refractivity (Wildman–Crippen MR) is 69.3 cm³/mol. The third kappa shape index (κ3) is 2.36. The maximum absolute atomic E-state index is 5.96. The second-order valence-corrected chi connectivity index (χ2v) is 7.32. The average Bonchev–Trinajstić information content (AvgIpc) is 2.42. The molecule has 0 amide bonds. The van der Waals surface area contributed by atoms with E-state index in [1.54, 1.807) is 0 Å². The molecule has 2 saturated carbocycles. The van der Waals surface area contributed by atoms with Gasteiger partial charge in [-0.15, -0.1) is 0 Å². The van der Waals surface area contributed by atoms with Gasteiger partial charge in [0, 0.05) is 11.3 Å². The second kappa shape index (κ2) is 4.67. The zero-order valence-corrected chi connectivity index (χ0v) is 10.9. The molecule has 2 N–H and O–H groups in total. The molecule has 0 aromatic heterocycles. The Hall–Kier alpha value is 0.310. The first-order chi connectivity index (χ1) is 7.24. The monoisotopic (exact) mass is 227 g/mol. The van der Waals surface area contributed by atoms with Crippen molar-refractivity contribution in [2.75, 3.05) is 12.3 Å². The molecule has 0 heterocycles. The summed E-state index contributed by atoms with van der Waals surface area (Å²) in [6.07, 6.45) is 11.7. The Kier molecular flexibility index (Phi) is 3.67. The lowest BCUT2D eigenvalue weighted by atomic mass is 9.58. The van der Waals surface area contributed by atoms with Gasteiger partial charge in [0.2, 0.25) is 0 Å². The van der Waals surface area contributed by atoms with Crippen molar-refractivity contribution >= 4 is 11.8 Å². The fraction of sp³-hybridized carbons (Fsp3) is 1.00. The van der Waals surface area contributed by atoms with Gasteiger partial charge >= 0.3 is 0 Å². The predicted octanol–water partition coefficient (Wildman–Crippen LogP) is 3.57. The largest absolute Gasteiger partial charge is 0.329 e. The molecule has 0 aromatic carbocycles. The first-order valence-corrected chi connectivity index (χ1v) is 7.57. The molecule has 15 heavy (non-hydrogen) atoms. The van der Waals surface area contributed by atoms with E-state index in [1.807, 2.05) is 0 Å². The summed E-state index contributed by atoms with van der Waals surface area (Å²) in [4.78, 5) is 0.